The molecule has 0 radical (unpaired) electrons. The lowest BCUT2D eigenvalue weighted by Crippen LogP contribution is -2.00. The lowest BCUT2D eigenvalue weighted by molar-refractivity contribution is 0.301. The molecule has 0 unspecified atom stereocenters. The quantitative estimate of drug-likeness (QED) is 0.805. The maximum atomic E-state index is 8.73. The van der Waals surface area contributed by atoms with E-state index in [0.717, 1.165) is 35.8 Å². The van der Waals surface area contributed by atoms with Crippen molar-refractivity contribution >= 4 is 0 Å². The third-order valence-corrected chi connectivity index (χ3v) is 2.92. The predicted molar refractivity (Wildman–Crippen MR) is 68.0 cm³/mol. The van der Waals surface area contributed by atoms with Gasteiger partial charge in [0.15, 0.2) is 0 Å². The molecule has 1 aromatic carbocycles. The SMILES string of the molecule is Cc1ccc(OCCC2CC2)c(C#CCO)c1. The molecule has 0 saturated heterocycles. The zero-order chi connectivity index (χ0) is 12.1. The number of aliphatic hydroxyl groups is 1. The van der Waals surface area contributed by atoms with Crippen molar-refractivity contribution in [1.29, 1.82) is 0 Å². The molecule has 2 nitrogen and oxygen atoms in total. The zero-order valence-corrected chi connectivity index (χ0v) is 10.2. The fourth-order valence-electron chi connectivity index (χ4n) is 1.74. The molecule has 0 aromatic heterocycles. The van der Waals surface area contributed by atoms with Crippen LogP contribution in [0.1, 0.15) is 30.4 Å². The molecule has 90 valence electrons. The molecule has 0 aliphatic heterocycles. The van der Waals surface area contributed by atoms with Gasteiger partial charge >= 0.3 is 0 Å². The monoisotopic (exact) mass is 230 g/mol. The van der Waals surface area contributed by atoms with Gasteiger partial charge in [-0.3, -0.25) is 0 Å². The van der Waals surface area contributed by atoms with Gasteiger partial charge in [-0.2, -0.15) is 0 Å². The first-order chi connectivity index (χ1) is 8.29. The largest absolute Gasteiger partial charge is 0.492 e. The summed E-state index contributed by atoms with van der Waals surface area (Å²) in [4.78, 5) is 0. The van der Waals surface area contributed by atoms with Gasteiger partial charge in [-0.1, -0.05) is 30.7 Å². The topological polar surface area (TPSA) is 29.5 Å². The van der Waals surface area contributed by atoms with E-state index in [1.54, 1.807) is 0 Å². The van der Waals surface area contributed by atoms with Gasteiger partial charge in [0.1, 0.15) is 12.4 Å². The number of hydrogen-bond donors (Lipinski definition) is 1. The van der Waals surface area contributed by atoms with Crippen molar-refractivity contribution in [1.82, 2.24) is 0 Å². The van der Waals surface area contributed by atoms with Crippen molar-refractivity contribution in [2.45, 2.75) is 26.2 Å². The fourth-order valence-corrected chi connectivity index (χ4v) is 1.74. The van der Waals surface area contributed by atoms with E-state index in [2.05, 4.69) is 11.8 Å². The van der Waals surface area contributed by atoms with Crippen LogP contribution >= 0.6 is 0 Å². The van der Waals surface area contributed by atoms with Gasteiger partial charge in [0.2, 0.25) is 0 Å². The summed E-state index contributed by atoms with van der Waals surface area (Å²) < 4.78 is 5.76. The summed E-state index contributed by atoms with van der Waals surface area (Å²) in [6.45, 7) is 2.68. The number of benzene rings is 1. The van der Waals surface area contributed by atoms with Crippen LogP contribution in [0.4, 0.5) is 0 Å². The first-order valence-electron chi connectivity index (χ1n) is 6.13. The van der Waals surface area contributed by atoms with Crippen LogP contribution in [-0.2, 0) is 0 Å². The average Bonchev–Trinajstić information content (AvgIpc) is 3.13. The minimum absolute atomic E-state index is 0.116. The molecule has 17 heavy (non-hydrogen) atoms. The second-order valence-electron chi connectivity index (χ2n) is 4.54. The van der Waals surface area contributed by atoms with Crippen molar-refractivity contribution in [3.05, 3.63) is 29.3 Å². The van der Waals surface area contributed by atoms with E-state index < -0.39 is 0 Å². The molecule has 0 atom stereocenters. The molecule has 1 aromatic rings. The fraction of sp³-hybridized carbons (Fsp3) is 0.467. The van der Waals surface area contributed by atoms with Crippen molar-refractivity contribution in [2.24, 2.45) is 5.92 Å². The average molecular weight is 230 g/mol. The van der Waals surface area contributed by atoms with Crippen molar-refractivity contribution < 1.29 is 9.84 Å². The lowest BCUT2D eigenvalue weighted by atomic mass is 10.1. The third-order valence-electron chi connectivity index (χ3n) is 2.92. The van der Waals surface area contributed by atoms with E-state index in [4.69, 9.17) is 9.84 Å². The maximum absolute atomic E-state index is 8.73. The number of aliphatic hydroxyl groups excluding tert-OH is 1. The van der Waals surface area contributed by atoms with Gasteiger partial charge in [0.05, 0.1) is 12.2 Å². The Kier molecular flexibility index (Phi) is 4.06. The second-order valence-corrected chi connectivity index (χ2v) is 4.54. The highest BCUT2D eigenvalue weighted by atomic mass is 16.5. The van der Waals surface area contributed by atoms with Gasteiger partial charge in [0, 0.05) is 0 Å². The number of ether oxygens (including phenoxy) is 1. The first-order valence-corrected chi connectivity index (χ1v) is 6.13. The van der Waals surface area contributed by atoms with E-state index in [1.807, 2.05) is 25.1 Å². The zero-order valence-electron chi connectivity index (χ0n) is 10.2. The van der Waals surface area contributed by atoms with Gasteiger partial charge in [0.25, 0.3) is 0 Å². The summed E-state index contributed by atoms with van der Waals surface area (Å²) in [5.74, 6) is 7.31. The molecule has 0 bridgehead atoms. The van der Waals surface area contributed by atoms with Crippen LogP contribution in [0.5, 0.6) is 5.75 Å². The summed E-state index contributed by atoms with van der Waals surface area (Å²) in [5.41, 5.74) is 2.02. The Labute approximate surface area is 103 Å². The molecule has 1 saturated carbocycles. The third kappa shape index (κ3) is 3.80. The van der Waals surface area contributed by atoms with Gasteiger partial charge < -0.3 is 9.84 Å². The molecule has 2 heteroatoms. The molecule has 1 fully saturated rings. The molecule has 1 N–H and O–H groups in total. The highest BCUT2D eigenvalue weighted by Gasteiger charge is 2.20. The molecule has 0 amide bonds. The van der Waals surface area contributed by atoms with Crippen LogP contribution in [0.2, 0.25) is 0 Å². The van der Waals surface area contributed by atoms with Crippen LogP contribution in [0.15, 0.2) is 18.2 Å². The Morgan fingerprint density at radius 1 is 1.41 bits per heavy atom. The van der Waals surface area contributed by atoms with Crippen LogP contribution in [0, 0.1) is 24.7 Å². The molecule has 1 aliphatic carbocycles. The number of rotatable bonds is 4. The van der Waals surface area contributed by atoms with E-state index in [0.29, 0.717) is 0 Å². The summed E-state index contributed by atoms with van der Waals surface area (Å²) >= 11 is 0. The van der Waals surface area contributed by atoms with Gasteiger partial charge in [-0.05, 0) is 37.0 Å². The van der Waals surface area contributed by atoms with Gasteiger partial charge in [-0.25, -0.2) is 0 Å². The normalized spacial score (nSPS) is 14.0. The summed E-state index contributed by atoms with van der Waals surface area (Å²) in [6.07, 6.45) is 3.85. The maximum Gasteiger partial charge on any atom is 0.134 e. The van der Waals surface area contributed by atoms with Crippen LogP contribution < -0.4 is 4.74 Å². The standard InChI is InChI=1S/C15H18O2/c1-12-4-7-15(14(11-12)3-2-9-16)17-10-8-13-5-6-13/h4,7,11,13,16H,5-6,8-10H2,1H3. The predicted octanol–water partition coefficient (Wildman–Crippen LogP) is 2.52. The Hall–Kier alpha value is -1.46. The molecular formula is C15H18O2. The molecular weight excluding hydrogens is 212 g/mol. The smallest absolute Gasteiger partial charge is 0.134 e. The van der Waals surface area contributed by atoms with Crippen LogP contribution in [0.3, 0.4) is 0 Å². The van der Waals surface area contributed by atoms with E-state index >= 15 is 0 Å². The summed E-state index contributed by atoms with van der Waals surface area (Å²) in [7, 11) is 0. The molecule has 0 spiro atoms. The Morgan fingerprint density at radius 3 is 2.94 bits per heavy atom. The highest BCUT2D eigenvalue weighted by molar-refractivity contribution is 5.48. The minimum Gasteiger partial charge on any atom is -0.492 e. The summed E-state index contributed by atoms with van der Waals surface area (Å²) in [5, 5.41) is 8.73. The first kappa shape index (κ1) is 12.0. The minimum atomic E-state index is -0.116. The Bertz CT molecular complexity index is 436. The highest BCUT2D eigenvalue weighted by Crippen LogP contribution is 2.32. The van der Waals surface area contributed by atoms with Crippen molar-refractivity contribution in [3.63, 3.8) is 0 Å². The van der Waals surface area contributed by atoms with E-state index in [1.165, 1.54) is 12.8 Å². The lowest BCUT2D eigenvalue weighted by Gasteiger charge is -2.08. The second kappa shape index (κ2) is 5.75. The van der Waals surface area contributed by atoms with E-state index in [-0.39, 0.29) is 6.61 Å². The van der Waals surface area contributed by atoms with Crippen molar-refractivity contribution in [2.75, 3.05) is 13.2 Å². The molecule has 2 rings (SSSR count). The number of aryl methyl sites for hydroxylation is 1. The Balaban J connectivity index is 2.02. The summed E-state index contributed by atoms with van der Waals surface area (Å²) in [6, 6.07) is 5.98. The van der Waals surface area contributed by atoms with E-state index in [9.17, 15) is 0 Å². The number of hydrogen-bond acceptors (Lipinski definition) is 2. The van der Waals surface area contributed by atoms with Gasteiger partial charge in [-0.15, -0.1) is 0 Å². The Morgan fingerprint density at radius 2 is 2.24 bits per heavy atom. The molecule has 0 heterocycles. The molecule has 1 aliphatic rings. The van der Waals surface area contributed by atoms with Crippen LogP contribution in [0.25, 0.3) is 0 Å². The van der Waals surface area contributed by atoms with Crippen LogP contribution in [-0.4, -0.2) is 18.3 Å². The van der Waals surface area contributed by atoms with Crippen molar-refractivity contribution in [3.8, 4) is 17.6 Å².